The van der Waals surface area contributed by atoms with Gasteiger partial charge in [0, 0.05) is 32.7 Å². The van der Waals surface area contributed by atoms with Crippen LogP contribution in [-0.2, 0) is 24.4 Å². The zero-order valence-corrected chi connectivity index (χ0v) is 15.6. The zero-order valence-electron chi connectivity index (χ0n) is 15.6. The van der Waals surface area contributed by atoms with Gasteiger partial charge < -0.3 is 10.1 Å². The molecular formula is C22H27N3O. The molecule has 0 spiro atoms. The number of ether oxygens (including phenoxy) is 1. The predicted octanol–water partition coefficient (Wildman–Crippen LogP) is 3.46. The Bertz CT molecular complexity index is 723. The van der Waals surface area contributed by atoms with Gasteiger partial charge in [-0.15, -0.1) is 0 Å². The van der Waals surface area contributed by atoms with Gasteiger partial charge in [0.05, 0.1) is 23.8 Å². The highest BCUT2D eigenvalue weighted by Gasteiger charge is 2.21. The second kappa shape index (κ2) is 8.95. The minimum Gasteiger partial charge on any atom is -0.373 e. The molecular weight excluding hydrogens is 322 g/mol. The topological polar surface area (TPSA) is 48.3 Å². The first-order valence-electron chi connectivity index (χ1n) is 9.28. The van der Waals surface area contributed by atoms with Gasteiger partial charge in [-0.05, 0) is 42.7 Å². The van der Waals surface area contributed by atoms with E-state index in [0.29, 0.717) is 17.8 Å². The molecule has 1 aliphatic heterocycles. The van der Waals surface area contributed by atoms with Gasteiger partial charge in [-0.1, -0.05) is 36.4 Å². The molecule has 0 aromatic heterocycles. The van der Waals surface area contributed by atoms with Crippen LogP contribution in [0.25, 0.3) is 0 Å². The molecule has 0 unspecified atom stereocenters. The largest absolute Gasteiger partial charge is 0.373 e. The van der Waals surface area contributed by atoms with E-state index in [9.17, 15) is 0 Å². The molecule has 4 heteroatoms. The Balaban J connectivity index is 1.46. The minimum absolute atomic E-state index is 0.310. The van der Waals surface area contributed by atoms with Gasteiger partial charge in [0.15, 0.2) is 0 Å². The lowest BCUT2D eigenvalue weighted by Crippen LogP contribution is -2.44. The lowest BCUT2D eigenvalue weighted by molar-refractivity contribution is -0.0704. The third-order valence-corrected chi connectivity index (χ3v) is 4.67. The number of nitrogens with one attached hydrogen (secondary N) is 1. The normalized spacial score (nSPS) is 20.7. The lowest BCUT2D eigenvalue weighted by Gasteiger charge is -2.35. The fourth-order valence-electron chi connectivity index (χ4n) is 3.48. The first kappa shape index (κ1) is 18.6. The van der Waals surface area contributed by atoms with Gasteiger partial charge in [0.1, 0.15) is 0 Å². The standard InChI is InChI=1S/C22H27N3O/c1-17-14-25(15-18(2)26-17)16-22-9-7-21(8-10-22)13-24-12-20-5-3-19(11-23)4-6-20/h3-10,17-18,24H,12-16H2,1-2H3/t17-,18-/m0/s1. The Hall–Kier alpha value is -2.19. The molecule has 26 heavy (non-hydrogen) atoms. The van der Waals surface area contributed by atoms with Crippen molar-refractivity contribution in [2.24, 2.45) is 0 Å². The van der Waals surface area contributed by atoms with E-state index in [-0.39, 0.29) is 0 Å². The van der Waals surface area contributed by atoms with E-state index in [2.05, 4.69) is 54.4 Å². The average Bonchev–Trinajstić information content (AvgIpc) is 2.63. The van der Waals surface area contributed by atoms with E-state index in [1.54, 1.807) is 0 Å². The maximum absolute atomic E-state index is 8.83. The minimum atomic E-state index is 0.310. The molecule has 1 saturated heterocycles. The fourth-order valence-corrected chi connectivity index (χ4v) is 3.48. The van der Waals surface area contributed by atoms with Crippen LogP contribution in [0.4, 0.5) is 0 Å². The van der Waals surface area contributed by atoms with E-state index in [0.717, 1.165) is 32.7 Å². The van der Waals surface area contributed by atoms with Crippen molar-refractivity contribution in [3.63, 3.8) is 0 Å². The Kier molecular flexibility index (Phi) is 6.40. The number of nitrogens with zero attached hydrogens (tertiary/aromatic N) is 2. The number of benzene rings is 2. The fraction of sp³-hybridized carbons (Fsp3) is 0.409. The number of rotatable bonds is 6. The van der Waals surface area contributed by atoms with Crippen LogP contribution in [0.3, 0.4) is 0 Å². The van der Waals surface area contributed by atoms with Gasteiger partial charge in [-0.3, -0.25) is 4.90 Å². The van der Waals surface area contributed by atoms with Gasteiger partial charge in [0.2, 0.25) is 0 Å². The molecule has 0 amide bonds. The van der Waals surface area contributed by atoms with Crippen LogP contribution in [-0.4, -0.2) is 30.2 Å². The van der Waals surface area contributed by atoms with Crippen molar-refractivity contribution in [2.45, 2.75) is 45.7 Å². The molecule has 1 N–H and O–H groups in total. The Morgan fingerprint density at radius 2 is 1.42 bits per heavy atom. The van der Waals surface area contributed by atoms with Crippen LogP contribution in [0.5, 0.6) is 0 Å². The lowest BCUT2D eigenvalue weighted by atomic mass is 10.1. The van der Waals surface area contributed by atoms with Crippen molar-refractivity contribution in [2.75, 3.05) is 13.1 Å². The Morgan fingerprint density at radius 1 is 0.923 bits per heavy atom. The number of hydrogen-bond acceptors (Lipinski definition) is 4. The molecule has 2 atom stereocenters. The van der Waals surface area contributed by atoms with Crippen molar-refractivity contribution >= 4 is 0 Å². The second-order valence-electron chi connectivity index (χ2n) is 7.18. The summed E-state index contributed by atoms with van der Waals surface area (Å²) in [6.45, 7) is 8.91. The monoisotopic (exact) mass is 349 g/mol. The molecule has 0 bridgehead atoms. The molecule has 0 aliphatic carbocycles. The van der Waals surface area contributed by atoms with Crippen molar-refractivity contribution in [1.29, 1.82) is 5.26 Å². The summed E-state index contributed by atoms with van der Waals surface area (Å²) in [6.07, 6.45) is 0.619. The molecule has 2 aromatic carbocycles. The van der Waals surface area contributed by atoms with Gasteiger partial charge in [0.25, 0.3) is 0 Å². The SMILES string of the molecule is C[C@H]1CN(Cc2ccc(CNCc3ccc(C#N)cc3)cc2)C[C@H](C)O1. The van der Waals surface area contributed by atoms with Crippen LogP contribution in [0.1, 0.15) is 36.1 Å². The average molecular weight is 349 g/mol. The first-order chi connectivity index (χ1) is 12.6. The summed E-state index contributed by atoms with van der Waals surface area (Å²) < 4.78 is 5.80. The van der Waals surface area contributed by atoms with Gasteiger partial charge >= 0.3 is 0 Å². The van der Waals surface area contributed by atoms with Crippen LogP contribution < -0.4 is 5.32 Å². The Labute approximate surface area is 156 Å². The Morgan fingerprint density at radius 3 is 1.96 bits per heavy atom. The highest BCUT2D eigenvalue weighted by Crippen LogP contribution is 2.15. The summed E-state index contributed by atoms with van der Waals surface area (Å²) in [5.74, 6) is 0. The molecule has 1 aliphatic rings. The maximum atomic E-state index is 8.83. The number of nitriles is 1. The second-order valence-corrected chi connectivity index (χ2v) is 7.18. The maximum Gasteiger partial charge on any atom is 0.0991 e. The summed E-state index contributed by atoms with van der Waals surface area (Å²) >= 11 is 0. The molecule has 4 nitrogen and oxygen atoms in total. The quantitative estimate of drug-likeness (QED) is 0.868. The van der Waals surface area contributed by atoms with Crippen molar-refractivity contribution in [3.05, 3.63) is 70.8 Å². The van der Waals surface area contributed by atoms with Crippen molar-refractivity contribution in [1.82, 2.24) is 10.2 Å². The molecule has 136 valence electrons. The predicted molar refractivity (Wildman–Crippen MR) is 103 cm³/mol. The van der Waals surface area contributed by atoms with E-state index < -0.39 is 0 Å². The van der Waals surface area contributed by atoms with Crippen LogP contribution in [0.2, 0.25) is 0 Å². The summed E-state index contributed by atoms with van der Waals surface area (Å²) in [4.78, 5) is 2.47. The molecule has 1 fully saturated rings. The van der Waals surface area contributed by atoms with Crippen LogP contribution >= 0.6 is 0 Å². The first-order valence-corrected chi connectivity index (χ1v) is 9.28. The number of hydrogen-bond donors (Lipinski definition) is 1. The highest BCUT2D eigenvalue weighted by atomic mass is 16.5. The van der Waals surface area contributed by atoms with E-state index in [4.69, 9.17) is 10.00 Å². The van der Waals surface area contributed by atoms with Crippen molar-refractivity contribution < 1.29 is 4.74 Å². The van der Waals surface area contributed by atoms with Crippen LogP contribution in [0, 0.1) is 11.3 Å². The van der Waals surface area contributed by atoms with E-state index in [1.807, 2.05) is 24.3 Å². The molecule has 0 saturated carbocycles. The third-order valence-electron chi connectivity index (χ3n) is 4.67. The summed E-state index contributed by atoms with van der Waals surface area (Å²) in [5.41, 5.74) is 4.53. The highest BCUT2D eigenvalue weighted by molar-refractivity contribution is 5.31. The molecule has 2 aromatic rings. The molecule has 0 radical (unpaired) electrons. The number of morpholine rings is 1. The van der Waals surface area contributed by atoms with Crippen molar-refractivity contribution in [3.8, 4) is 6.07 Å². The molecule has 1 heterocycles. The molecule has 3 rings (SSSR count). The third kappa shape index (κ3) is 5.40. The van der Waals surface area contributed by atoms with E-state index >= 15 is 0 Å². The summed E-state index contributed by atoms with van der Waals surface area (Å²) in [5, 5.41) is 12.3. The summed E-state index contributed by atoms with van der Waals surface area (Å²) in [6, 6.07) is 18.7. The van der Waals surface area contributed by atoms with E-state index in [1.165, 1.54) is 16.7 Å². The van der Waals surface area contributed by atoms with Gasteiger partial charge in [-0.25, -0.2) is 0 Å². The van der Waals surface area contributed by atoms with Crippen LogP contribution in [0.15, 0.2) is 48.5 Å². The smallest absolute Gasteiger partial charge is 0.0991 e. The zero-order chi connectivity index (χ0) is 18.4. The van der Waals surface area contributed by atoms with Gasteiger partial charge in [-0.2, -0.15) is 5.26 Å². The summed E-state index contributed by atoms with van der Waals surface area (Å²) in [7, 11) is 0.